The van der Waals surface area contributed by atoms with Crippen LogP contribution >= 0.6 is 23.2 Å². The first kappa shape index (κ1) is 18.8. The highest BCUT2D eigenvalue weighted by Gasteiger charge is 2.14. The summed E-state index contributed by atoms with van der Waals surface area (Å²) in [6, 6.07) is 11.0. The van der Waals surface area contributed by atoms with Crippen molar-refractivity contribution in [3.05, 3.63) is 58.1 Å². The van der Waals surface area contributed by atoms with E-state index in [1.807, 2.05) is 0 Å². The minimum atomic E-state index is -0.573. The van der Waals surface area contributed by atoms with Gasteiger partial charge in [0.25, 0.3) is 0 Å². The summed E-state index contributed by atoms with van der Waals surface area (Å²) >= 11 is 11.9. The quantitative estimate of drug-likeness (QED) is 0.610. The molecular weight excluding hydrogens is 367 g/mol. The van der Waals surface area contributed by atoms with Crippen molar-refractivity contribution in [2.75, 3.05) is 17.7 Å². The Balaban J connectivity index is 1.98. The van der Waals surface area contributed by atoms with Crippen molar-refractivity contribution in [1.29, 1.82) is 0 Å². The Hall–Kier alpha value is -2.57. The lowest BCUT2D eigenvalue weighted by Crippen LogP contribution is -2.21. The first-order valence-electron chi connectivity index (χ1n) is 7.13. The maximum absolute atomic E-state index is 12.0. The molecule has 0 atom stereocenters. The molecule has 0 aliphatic rings. The van der Waals surface area contributed by atoms with Crippen molar-refractivity contribution in [3.8, 4) is 0 Å². The molecule has 0 aromatic heterocycles. The van der Waals surface area contributed by atoms with Crippen molar-refractivity contribution < 1.29 is 19.1 Å². The van der Waals surface area contributed by atoms with Crippen LogP contribution in [-0.4, -0.2) is 24.9 Å². The van der Waals surface area contributed by atoms with Gasteiger partial charge < -0.3 is 15.4 Å². The first-order valence-corrected chi connectivity index (χ1v) is 7.88. The molecule has 0 aliphatic carbocycles. The number of benzene rings is 2. The second-order valence-corrected chi connectivity index (χ2v) is 5.76. The lowest BCUT2D eigenvalue weighted by molar-refractivity contribution is -0.123. The molecule has 2 aromatic carbocycles. The van der Waals surface area contributed by atoms with Crippen LogP contribution in [0.15, 0.2) is 42.5 Å². The van der Waals surface area contributed by atoms with E-state index in [9.17, 15) is 14.4 Å². The highest BCUT2D eigenvalue weighted by molar-refractivity contribution is 6.39. The Morgan fingerprint density at radius 3 is 2.20 bits per heavy atom. The van der Waals surface area contributed by atoms with Gasteiger partial charge in [0.1, 0.15) is 6.42 Å². The highest BCUT2D eigenvalue weighted by atomic mass is 35.5. The number of hydrogen-bond donors (Lipinski definition) is 2. The summed E-state index contributed by atoms with van der Waals surface area (Å²) in [4.78, 5) is 35.4. The summed E-state index contributed by atoms with van der Waals surface area (Å²) in [6.07, 6.45) is -0.440. The molecule has 0 aliphatic heterocycles. The normalized spacial score (nSPS) is 10.0. The fraction of sp³-hybridized carbons (Fsp3) is 0.118. The van der Waals surface area contributed by atoms with E-state index in [-0.39, 0.29) is 21.3 Å². The molecule has 0 fully saturated rings. The Morgan fingerprint density at radius 1 is 0.960 bits per heavy atom. The van der Waals surface area contributed by atoms with E-state index in [2.05, 4.69) is 15.4 Å². The van der Waals surface area contributed by atoms with Gasteiger partial charge in [-0.1, -0.05) is 35.3 Å². The maximum atomic E-state index is 12.0. The van der Waals surface area contributed by atoms with Crippen LogP contribution < -0.4 is 10.6 Å². The fourth-order valence-electron chi connectivity index (χ4n) is 1.99. The summed E-state index contributed by atoms with van der Waals surface area (Å²) in [6.45, 7) is 0. The number of para-hydroxylation sites is 1. The number of carbonyl (C=O) groups is 3. The van der Waals surface area contributed by atoms with Crippen LogP contribution in [0.4, 0.5) is 11.4 Å². The molecule has 0 unspecified atom stereocenters. The molecule has 25 heavy (non-hydrogen) atoms. The molecule has 2 aromatic rings. The van der Waals surface area contributed by atoms with Gasteiger partial charge >= 0.3 is 5.97 Å². The van der Waals surface area contributed by atoms with Gasteiger partial charge in [0.05, 0.1) is 28.4 Å². The Morgan fingerprint density at radius 2 is 1.56 bits per heavy atom. The number of halogens is 2. The van der Waals surface area contributed by atoms with E-state index in [1.165, 1.54) is 13.2 Å². The number of esters is 1. The van der Waals surface area contributed by atoms with Gasteiger partial charge in [-0.05, 0) is 30.3 Å². The molecule has 0 heterocycles. The van der Waals surface area contributed by atoms with Gasteiger partial charge in [0.15, 0.2) is 0 Å². The van der Waals surface area contributed by atoms with Gasteiger partial charge in [-0.25, -0.2) is 4.79 Å². The zero-order chi connectivity index (χ0) is 18.4. The van der Waals surface area contributed by atoms with E-state index < -0.39 is 24.2 Å². The summed E-state index contributed by atoms with van der Waals surface area (Å²) in [7, 11) is 1.26. The number of carbonyl (C=O) groups excluding carboxylic acids is 3. The molecule has 0 saturated carbocycles. The standard InChI is InChI=1S/C17H14Cl2N2O4/c1-25-17(24)10-4-2-5-11(8-10)20-14(22)9-15(23)21-16-12(18)6-3-7-13(16)19/h2-8H,9H2,1H3,(H,20,22)(H,21,23). The molecule has 0 radical (unpaired) electrons. The Bertz CT molecular complexity index is 804. The highest BCUT2D eigenvalue weighted by Crippen LogP contribution is 2.29. The molecule has 6 nitrogen and oxygen atoms in total. The lowest BCUT2D eigenvalue weighted by atomic mass is 10.2. The third-order valence-electron chi connectivity index (χ3n) is 3.12. The summed E-state index contributed by atoms with van der Waals surface area (Å²) < 4.78 is 4.61. The van der Waals surface area contributed by atoms with Crippen LogP contribution in [0, 0.1) is 0 Å². The smallest absolute Gasteiger partial charge is 0.337 e. The number of nitrogens with one attached hydrogen (secondary N) is 2. The van der Waals surface area contributed by atoms with Crippen molar-refractivity contribution in [2.24, 2.45) is 0 Å². The number of anilines is 2. The zero-order valence-electron chi connectivity index (χ0n) is 13.1. The van der Waals surface area contributed by atoms with Crippen LogP contribution in [0.3, 0.4) is 0 Å². The van der Waals surface area contributed by atoms with Crippen LogP contribution in [-0.2, 0) is 14.3 Å². The fourth-order valence-corrected chi connectivity index (χ4v) is 2.49. The largest absolute Gasteiger partial charge is 0.465 e. The SMILES string of the molecule is COC(=O)c1cccc(NC(=O)CC(=O)Nc2c(Cl)cccc2Cl)c1. The molecule has 2 rings (SSSR count). The van der Waals surface area contributed by atoms with Crippen molar-refractivity contribution in [3.63, 3.8) is 0 Å². The number of ether oxygens (including phenoxy) is 1. The monoisotopic (exact) mass is 380 g/mol. The predicted octanol–water partition coefficient (Wildman–Crippen LogP) is 3.75. The third kappa shape index (κ3) is 5.20. The summed E-state index contributed by atoms with van der Waals surface area (Å²) in [5.74, 6) is -1.65. The molecular formula is C17H14Cl2N2O4. The van der Waals surface area contributed by atoms with Crippen LogP contribution in [0.1, 0.15) is 16.8 Å². The maximum Gasteiger partial charge on any atom is 0.337 e. The molecule has 2 N–H and O–H groups in total. The van der Waals surface area contributed by atoms with Gasteiger partial charge in [-0.2, -0.15) is 0 Å². The summed E-state index contributed by atoms with van der Waals surface area (Å²) in [5.41, 5.74) is 0.903. The molecule has 2 amide bonds. The predicted molar refractivity (Wildman–Crippen MR) is 96.1 cm³/mol. The molecule has 8 heteroatoms. The minimum absolute atomic E-state index is 0.247. The van der Waals surface area contributed by atoms with Crippen molar-refractivity contribution >= 4 is 52.4 Å². The van der Waals surface area contributed by atoms with Crippen LogP contribution in [0.25, 0.3) is 0 Å². The van der Waals surface area contributed by atoms with Gasteiger partial charge in [-0.15, -0.1) is 0 Å². The molecule has 0 saturated heterocycles. The second-order valence-electron chi connectivity index (χ2n) is 4.94. The van der Waals surface area contributed by atoms with Gasteiger partial charge in [0, 0.05) is 5.69 Å². The van der Waals surface area contributed by atoms with Crippen molar-refractivity contribution in [1.82, 2.24) is 0 Å². The molecule has 130 valence electrons. The number of rotatable bonds is 5. The molecule has 0 bridgehead atoms. The Kier molecular flexibility index (Phi) is 6.38. The number of amides is 2. The average Bonchev–Trinajstić information content (AvgIpc) is 2.57. The van der Waals surface area contributed by atoms with Gasteiger partial charge in [-0.3, -0.25) is 9.59 Å². The van der Waals surface area contributed by atoms with Crippen LogP contribution in [0.5, 0.6) is 0 Å². The third-order valence-corrected chi connectivity index (χ3v) is 3.75. The van der Waals surface area contributed by atoms with E-state index >= 15 is 0 Å². The van der Waals surface area contributed by atoms with E-state index in [4.69, 9.17) is 23.2 Å². The Labute approximate surface area is 154 Å². The topological polar surface area (TPSA) is 84.5 Å². The molecule has 0 spiro atoms. The summed E-state index contributed by atoms with van der Waals surface area (Å²) in [5, 5.41) is 5.57. The second kappa shape index (κ2) is 8.50. The van der Waals surface area contributed by atoms with E-state index in [0.717, 1.165) is 0 Å². The van der Waals surface area contributed by atoms with Crippen LogP contribution in [0.2, 0.25) is 10.0 Å². The van der Waals surface area contributed by atoms with E-state index in [0.29, 0.717) is 5.69 Å². The number of hydrogen-bond acceptors (Lipinski definition) is 4. The minimum Gasteiger partial charge on any atom is -0.465 e. The van der Waals surface area contributed by atoms with Gasteiger partial charge in [0.2, 0.25) is 11.8 Å². The zero-order valence-corrected chi connectivity index (χ0v) is 14.6. The average molecular weight is 381 g/mol. The number of methoxy groups -OCH3 is 1. The lowest BCUT2D eigenvalue weighted by Gasteiger charge is -2.10. The first-order chi connectivity index (χ1) is 11.9. The van der Waals surface area contributed by atoms with Crippen molar-refractivity contribution in [2.45, 2.75) is 6.42 Å². The van der Waals surface area contributed by atoms with E-state index in [1.54, 1.807) is 36.4 Å².